The van der Waals surface area contributed by atoms with Crippen LogP contribution in [-0.4, -0.2) is 4.57 Å². The fourth-order valence-electron chi connectivity index (χ4n) is 8.15. The zero-order valence-corrected chi connectivity index (χ0v) is 30.8. The summed E-state index contributed by atoms with van der Waals surface area (Å²) in [6, 6.07) is 83.1. The molecule has 0 aliphatic heterocycles. The maximum atomic E-state index is 2.43. The van der Waals surface area contributed by atoms with E-state index in [4.69, 9.17) is 0 Å². The average Bonchev–Trinajstić information content (AvgIpc) is 3.62. The highest BCUT2D eigenvalue weighted by Gasteiger charge is 2.20. The van der Waals surface area contributed by atoms with Crippen molar-refractivity contribution in [3.05, 3.63) is 231 Å². The standard InChI is InChI=1S/C54H38N2/c1-5-17-39(18-6-1)42-23-13-26-45(35-42)50-31-16-32-52-54(50)51-34-33-49(38-53(51)56(52)46-27-11-4-12-28-46)55(47-29-14-24-43(36-47)40-19-7-2-8-20-40)48-30-15-25-44(37-48)41-21-9-3-10-22-41/h1-38H. The molecule has 0 N–H and O–H groups in total. The molecule has 1 heterocycles. The summed E-state index contributed by atoms with van der Waals surface area (Å²) in [4.78, 5) is 2.40. The smallest absolute Gasteiger partial charge is 0.0562 e. The third-order valence-electron chi connectivity index (χ3n) is 10.8. The Bertz CT molecular complexity index is 2860. The molecule has 0 radical (unpaired) electrons. The number of hydrogen-bond acceptors (Lipinski definition) is 1. The van der Waals surface area contributed by atoms with Gasteiger partial charge >= 0.3 is 0 Å². The van der Waals surface area contributed by atoms with Crippen molar-refractivity contribution in [2.75, 3.05) is 4.90 Å². The van der Waals surface area contributed by atoms with Gasteiger partial charge in [0.2, 0.25) is 0 Å². The molecule has 0 atom stereocenters. The van der Waals surface area contributed by atoms with Crippen LogP contribution < -0.4 is 4.90 Å². The summed E-state index contributed by atoms with van der Waals surface area (Å²) >= 11 is 0. The molecule has 10 aromatic rings. The molecule has 0 amide bonds. The molecule has 0 saturated heterocycles. The molecule has 0 aliphatic rings. The largest absolute Gasteiger partial charge is 0.310 e. The first-order chi connectivity index (χ1) is 27.8. The van der Waals surface area contributed by atoms with Crippen molar-refractivity contribution in [3.63, 3.8) is 0 Å². The molecule has 0 fully saturated rings. The van der Waals surface area contributed by atoms with Gasteiger partial charge in [-0.2, -0.15) is 0 Å². The van der Waals surface area contributed by atoms with Crippen LogP contribution in [-0.2, 0) is 0 Å². The topological polar surface area (TPSA) is 8.17 Å². The lowest BCUT2D eigenvalue weighted by Crippen LogP contribution is -2.10. The van der Waals surface area contributed by atoms with E-state index >= 15 is 0 Å². The number of para-hydroxylation sites is 1. The highest BCUT2D eigenvalue weighted by molar-refractivity contribution is 6.16. The average molecular weight is 715 g/mol. The first-order valence-corrected chi connectivity index (χ1v) is 19.2. The van der Waals surface area contributed by atoms with Gasteiger partial charge < -0.3 is 9.47 Å². The van der Waals surface area contributed by atoms with E-state index in [1.165, 1.54) is 60.8 Å². The van der Waals surface area contributed by atoms with E-state index in [1.807, 2.05) is 0 Å². The van der Waals surface area contributed by atoms with Crippen molar-refractivity contribution in [2.45, 2.75) is 0 Å². The predicted octanol–water partition coefficient (Wildman–Crippen LogP) is 14.9. The molecule has 56 heavy (non-hydrogen) atoms. The molecule has 0 spiro atoms. The predicted molar refractivity (Wildman–Crippen MR) is 237 cm³/mol. The summed E-state index contributed by atoms with van der Waals surface area (Å²) in [7, 11) is 0. The lowest BCUT2D eigenvalue weighted by atomic mass is 9.96. The maximum absolute atomic E-state index is 2.43. The van der Waals surface area contributed by atoms with Gasteiger partial charge in [0, 0.05) is 33.5 Å². The van der Waals surface area contributed by atoms with E-state index in [0.29, 0.717) is 0 Å². The zero-order valence-electron chi connectivity index (χ0n) is 30.8. The monoisotopic (exact) mass is 714 g/mol. The molecule has 0 unspecified atom stereocenters. The first-order valence-electron chi connectivity index (χ1n) is 19.2. The van der Waals surface area contributed by atoms with Crippen LogP contribution in [0.1, 0.15) is 0 Å². The highest BCUT2D eigenvalue weighted by Crippen LogP contribution is 2.44. The Kier molecular flexibility index (Phi) is 8.55. The molecule has 0 aliphatic carbocycles. The number of anilines is 3. The van der Waals surface area contributed by atoms with Crippen LogP contribution in [0.5, 0.6) is 0 Å². The maximum Gasteiger partial charge on any atom is 0.0562 e. The van der Waals surface area contributed by atoms with Crippen LogP contribution in [0.25, 0.3) is 72.0 Å². The fourth-order valence-corrected chi connectivity index (χ4v) is 8.15. The fraction of sp³-hybridized carbons (Fsp3) is 0. The van der Waals surface area contributed by atoms with E-state index < -0.39 is 0 Å². The van der Waals surface area contributed by atoms with Crippen LogP contribution in [0.2, 0.25) is 0 Å². The summed E-state index contributed by atoms with van der Waals surface area (Å²) in [6.07, 6.45) is 0. The Morgan fingerprint density at radius 1 is 0.286 bits per heavy atom. The lowest BCUT2D eigenvalue weighted by Gasteiger charge is -2.27. The van der Waals surface area contributed by atoms with E-state index in [-0.39, 0.29) is 0 Å². The molecular weight excluding hydrogens is 677 g/mol. The minimum Gasteiger partial charge on any atom is -0.310 e. The summed E-state index contributed by atoms with van der Waals surface area (Å²) in [5.41, 5.74) is 16.3. The van der Waals surface area contributed by atoms with Gasteiger partial charge in [0.05, 0.1) is 11.0 Å². The van der Waals surface area contributed by atoms with E-state index in [9.17, 15) is 0 Å². The molecule has 9 aromatic carbocycles. The third-order valence-corrected chi connectivity index (χ3v) is 10.8. The second-order valence-corrected chi connectivity index (χ2v) is 14.2. The van der Waals surface area contributed by atoms with E-state index in [2.05, 4.69) is 240 Å². The van der Waals surface area contributed by atoms with Crippen LogP contribution in [0.15, 0.2) is 231 Å². The van der Waals surface area contributed by atoms with Crippen LogP contribution in [0.3, 0.4) is 0 Å². The second kappa shape index (κ2) is 14.4. The van der Waals surface area contributed by atoms with Gasteiger partial charge in [0.15, 0.2) is 0 Å². The highest BCUT2D eigenvalue weighted by atomic mass is 15.1. The second-order valence-electron chi connectivity index (χ2n) is 14.2. The minimum absolute atomic E-state index is 1.08. The van der Waals surface area contributed by atoms with Gasteiger partial charge in [0.25, 0.3) is 0 Å². The Morgan fingerprint density at radius 3 is 1.30 bits per heavy atom. The third kappa shape index (κ3) is 6.14. The minimum atomic E-state index is 1.08. The summed E-state index contributed by atoms with van der Waals surface area (Å²) in [6.45, 7) is 0. The van der Waals surface area contributed by atoms with Gasteiger partial charge in [0.1, 0.15) is 0 Å². The van der Waals surface area contributed by atoms with Crippen LogP contribution in [0.4, 0.5) is 17.1 Å². The number of fused-ring (bicyclic) bond motifs is 3. The molecule has 264 valence electrons. The normalized spacial score (nSPS) is 11.2. The summed E-state index contributed by atoms with van der Waals surface area (Å²) in [5, 5.41) is 2.45. The summed E-state index contributed by atoms with van der Waals surface area (Å²) in [5.74, 6) is 0. The Labute approximate surface area is 327 Å². The quantitative estimate of drug-likeness (QED) is 0.152. The van der Waals surface area contributed by atoms with Crippen molar-refractivity contribution in [1.29, 1.82) is 0 Å². The molecule has 2 nitrogen and oxygen atoms in total. The van der Waals surface area contributed by atoms with Crippen molar-refractivity contribution in [2.24, 2.45) is 0 Å². The number of benzene rings is 9. The lowest BCUT2D eigenvalue weighted by molar-refractivity contribution is 1.18. The molecule has 2 heteroatoms. The summed E-state index contributed by atoms with van der Waals surface area (Å²) < 4.78 is 2.43. The Hall–Kier alpha value is -7.42. The zero-order chi connectivity index (χ0) is 37.3. The molecule has 10 rings (SSSR count). The van der Waals surface area contributed by atoms with Crippen LogP contribution in [0, 0.1) is 0 Å². The SMILES string of the molecule is c1ccc(-c2cccc(-c3cccc4c3c3ccc(N(c5cccc(-c6ccccc6)c5)c5cccc(-c6ccccc6)c5)cc3n4-c3ccccc3)c2)cc1. The number of rotatable bonds is 8. The van der Waals surface area contributed by atoms with Crippen molar-refractivity contribution in [1.82, 2.24) is 4.57 Å². The van der Waals surface area contributed by atoms with E-state index in [0.717, 1.165) is 28.3 Å². The van der Waals surface area contributed by atoms with Gasteiger partial charge in [-0.15, -0.1) is 0 Å². The Morgan fingerprint density at radius 2 is 0.732 bits per heavy atom. The van der Waals surface area contributed by atoms with Gasteiger partial charge in [-0.3, -0.25) is 0 Å². The van der Waals surface area contributed by atoms with Gasteiger partial charge in [-0.25, -0.2) is 0 Å². The van der Waals surface area contributed by atoms with Gasteiger partial charge in [-0.05, 0) is 105 Å². The Balaban J connectivity index is 1.21. The first kappa shape index (κ1) is 33.2. The molecule has 0 saturated carbocycles. The number of hydrogen-bond donors (Lipinski definition) is 0. The van der Waals surface area contributed by atoms with E-state index in [1.54, 1.807) is 0 Å². The number of nitrogens with zero attached hydrogens (tertiary/aromatic N) is 2. The van der Waals surface area contributed by atoms with Crippen LogP contribution >= 0.6 is 0 Å². The number of aromatic nitrogens is 1. The molecular formula is C54H38N2. The van der Waals surface area contributed by atoms with Crippen molar-refractivity contribution < 1.29 is 0 Å². The molecule has 1 aromatic heterocycles. The van der Waals surface area contributed by atoms with Crippen molar-refractivity contribution >= 4 is 38.9 Å². The molecule has 0 bridgehead atoms. The van der Waals surface area contributed by atoms with Crippen molar-refractivity contribution in [3.8, 4) is 50.2 Å². The van der Waals surface area contributed by atoms with Gasteiger partial charge in [-0.1, -0.05) is 170 Å².